The zero-order chi connectivity index (χ0) is 21.3. The topological polar surface area (TPSA) is 79.9 Å². The Labute approximate surface area is 178 Å². The molecule has 0 spiro atoms. The van der Waals surface area contributed by atoms with Gasteiger partial charge in [0.05, 0.1) is 25.8 Å². The van der Waals surface area contributed by atoms with Crippen LogP contribution in [0.1, 0.15) is 32.4 Å². The van der Waals surface area contributed by atoms with Gasteiger partial charge in [0, 0.05) is 60.8 Å². The Bertz CT molecular complexity index is 921. The highest BCUT2D eigenvalue weighted by Crippen LogP contribution is 2.52. The minimum atomic E-state index is 0.142. The molecule has 30 heavy (non-hydrogen) atoms. The number of rotatable bonds is 7. The number of nitrogens with zero attached hydrogens (tertiary/aromatic N) is 1. The Kier molecular flexibility index (Phi) is 5.82. The van der Waals surface area contributed by atoms with Crippen molar-refractivity contribution in [1.29, 1.82) is 0 Å². The lowest BCUT2D eigenvalue weighted by molar-refractivity contribution is -0.106. The van der Waals surface area contributed by atoms with Gasteiger partial charge in [0.1, 0.15) is 11.5 Å². The molecule has 1 aliphatic heterocycles. The molecule has 1 aromatic carbocycles. The van der Waals surface area contributed by atoms with Gasteiger partial charge in [-0.05, 0) is 25.3 Å². The second kappa shape index (κ2) is 8.38. The van der Waals surface area contributed by atoms with Crippen molar-refractivity contribution in [3.63, 3.8) is 0 Å². The molecule has 3 N–H and O–H groups in total. The van der Waals surface area contributed by atoms with Crippen LogP contribution < -0.4 is 20.1 Å². The monoisotopic (exact) mass is 414 g/mol. The van der Waals surface area contributed by atoms with E-state index in [2.05, 4.69) is 40.5 Å². The molecule has 2 heterocycles. The zero-order valence-corrected chi connectivity index (χ0v) is 18.7. The van der Waals surface area contributed by atoms with E-state index >= 15 is 0 Å². The second-order valence-electron chi connectivity index (χ2n) is 8.88. The summed E-state index contributed by atoms with van der Waals surface area (Å²) in [6.45, 7) is 6.30. The summed E-state index contributed by atoms with van der Waals surface area (Å²) >= 11 is 0. The molecule has 7 nitrogen and oxygen atoms in total. The summed E-state index contributed by atoms with van der Waals surface area (Å²) in [5, 5.41) is 8.19. The molecular formula is C23H34N4O3. The molecule has 1 saturated carbocycles. The van der Waals surface area contributed by atoms with Crippen LogP contribution in [0.25, 0.3) is 10.9 Å². The molecule has 164 valence electrons. The van der Waals surface area contributed by atoms with Crippen LogP contribution in [-0.2, 0) is 11.2 Å². The Morgan fingerprint density at radius 2 is 2.10 bits per heavy atom. The number of aliphatic imine (C=N–C) groups is 1. The predicted molar refractivity (Wildman–Crippen MR) is 120 cm³/mol. The van der Waals surface area contributed by atoms with E-state index in [1.807, 2.05) is 19.2 Å². The van der Waals surface area contributed by atoms with E-state index in [0.29, 0.717) is 18.1 Å². The van der Waals surface area contributed by atoms with Crippen molar-refractivity contribution in [3.8, 4) is 11.5 Å². The lowest BCUT2D eigenvalue weighted by Crippen LogP contribution is -2.67. The highest BCUT2D eigenvalue weighted by molar-refractivity contribution is 5.88. The van der Waals surface area contributed by atoms with Crippen LogP contribution in [0, 0.1) is 11.3 Å². The van der Waals surface area contributed by atoms with Gasteiger partial charge in [-0.2, -0.15) is 0 Å². The van der Waals surface area contributed by atoms with Crippen molar-refractivity contribution >= 4 is 16.9 Å². The fraction of sp³-hybridized carbons (Fsp3) is 0.609. The Morgan fingerprint density at radius 3 is 2.83 bits per heavy atom. The number of hydrogen-bond acceptors (Lipinski definition) is 4. The maximum Gasteiger partial charge on any atom is 0.191 e. The van der Waals surface area contributed by atoms with Gasteiger partial charge < -0.3 is 29.8 Å². The second-order valence-corrected chi connectivity index (χ2v) is 8.88. The molecule has 7 heteroatoms. The number of nitrogens with one attached hydrogen (secondary N) is 3. The molecule has 2 aromatic rings. The van der Waals surface area contributed by atoms with E-state index in [4.69, 9.17) is 14.2 Å². The summed E-state index contributed by atoms with van der Waals surface area (Å²) in [5.74, 6) is 3.09. The Hall–Kier alpha value is -2.41. The minimum absolute atomic E-state index is 0.142. The molecule has 0 bridgehead atoms. The highest BCUT2D eigenvalue weighted by atomic mass is 16.5. The normalized spacial score (nSPS) is 25.0. The first kappa shape index (κ1) is 20.8. The van der Waals surface area contributed by atoms with E-state index in [1.54, 1.807) is 14.2 Å². The smallest absolute Gasteiger partial charge is 0.191 e. The summed E-state index contributed by atoms with van der Waals surface area (Å²) in [6, 6.07) is 6.50. The molecule has 1 saturated heterocycles. The van der Waals surface area contributed by atoms with Crippen molar-refractivity contribution in [2.24, 2.45) is 16.3 Å². The molecule has 1 aliphatic carbocycles. The van der Waals surface area contributed by atoms with Gasteiger partial charge in [-0.1, -0.05) is 13.8 Å². The van der Waals surface area contributed by atoms with E-state index in [-0.39, 0.29) is 5.41 Å². The first-order valence-corrected chi connectivity index (χ1v) is 10.8. The first-order valence-electron chi connectivity index (χ1n) is 10.8. The average Bonchev–Trinajstić information content (AvgIpc) is 3.37. The third-order valence-corrected chi connectivity index (χ3v) is 6.72. The fourth-order valence-corrected chi connectivity index (χ4v) is 5.10. The number of methoxy groups -OCH3 is 2. The Morgan fingerprint density at radius 1 is 1.27 bits per heavy atom. The minimum Gasteiger partial charge on any atom is -0.497 e. The van der Waals surface area contributed by atoms with E-state index in [9.17, 15) is 0 Å². The quantitative estimate of drug-likeness (QED) is 0.369. The summed E-state index contributed by atoms with van der Waals surface area (Å²) in [4.78, 5) is 7.91. The average molecular weight is 415 g/mol. The number of aromatic nitrogens is 1. The van der Waals surface area contributed by atoms with Gasteiger partial charge in [0.25, 0.3) is 0 Å². The summed E-state index contributed by atoms with van der Waals surface area (Å²) in [5.41, 5.74) is 2.36. The lowest BCUT2D eigenvalue weighted by Gasteiger charge is -2.54. The van der Waals surface area contributed by atoms with Crippen molar-refractivity contribution in [2.45, 2.75) is 45.3 Å². The van der Waals surface area contributed by atoms with E-state index in [1.165, 1.54) is 5.69 Å². The number of guanidine groups is 1. The maximum atomic E-state index is 5.90. The van der Waals surface area contributed by atoms with Crippen molar-refractivity contribution in [3.05, 3.63) is 23.9 Å². The van der Waals surface area contributed by atoms with Crippen LogP contribution >= 0.6 is 0 Å². The van der Waals surface area contributed by atoms with Crippen LogP contribution in [0.5, 0.6) is 11.5 Å². The molecule has 2 aliphatic rings. The number of aryl methyl sites for hydroxylation is 1. The standard InChI is InChI=1S/C23H34N4O3/c1-23(2)20(16-8-10-30-21(16)23)27-22(24-3)25-9-6-7-14-11-17-18(26-14)12-15(28-4)13-19(17)29-5/h11-13,16,20-21,26H,6-10H2,1-5H3,(H2,24,25,27). The van der Waals surface area contributed by atoms with Gasteiger partial charge in [-0.15, -0.1) is 0 Å². The molecule has 2 fully saturated rings. The maximum absolute atomic E-state index is 5.90. The Balaban J connectivity index is 1.30. The van der Waals surface area contributed by atoms with Crippen LogP contribution in [-0.4, -0.2) is 57.5 Å². The van der Waals surface area contributed by atoms with Gasteiger partial charge in [0.2, 0.25) is 0 Å². The van der Waals surface area contributed by atoms with Crippen molar-refractivity contribution < 1.29 is 14.2 Å². The lowest BCUT2D eigenvalue weighted by atomic mass is 9.57. The van der Waals surface area contributed by atoms with E-state index in [0.717, 1.165) is 60.8 Å². The molecule has 1 aromatic heterocycles. The van der Waals surface area contributed by atoms with Crippen LogP contribution in [0.4, 0.5) is 0 Å². The van der Waals surface area contributed by atoms with Gasteiger partial charge in [0.15, 0.2) is 5.96 Å². The largest absolute Gasteiger partial charge is 0.497 e. The van der Waals surface area contributed by atoms with Crippen LogP contribution in [0.15, 0.2) is 23.2 Å². The SMILES string of the molecule is CN=C(NCCCc1cc2c(OC)cc(OC)cc2[nH]1)NC1C2CCOC2C1(C)C. The first-order chi connectivity index (χ1) is 14.5. The van der Waals surface area contributed by atoms with Gasteiger partial charge in [-0.25, -0.2) is 0 Å². The number of hydrogen-bond donors (Lipinski definition) is 3. The molecule has 0 radical (unpaired) electrons. The third kappa shape index (κ3) is 3.71. The number of fused-ring (bicyclic) bond motifs is 2. The number of benzene rings is 1. The molecule has 3 unspecified atom stereocenters. The van der Waals surface area contributed by atoms with Crippen molar-refractivity contribution in [1.82, 2.24) is 15.6 Å². The number of aromatic amines is 1. The number of H-pyrrole nitrogens is 1. The number of ether oxygens (including phenoxy) is 3. The fourth-order valence-electron chi connectivity index (χ4n) is 5.10. The van der Waals surface area contributed by atoms with Gasteiger partial charge in [-0.3, -0.25) is 4.99 Å². The molecule has 3 atom stereocenters. The summed E-state index contributed by atoms with van der Waals surface area (Å²) < 4.78 is 16.8. The summed E-state index contributed by atoms with van der Waals surface area (Å²) in [6.07, 6.45) is 3.45. The van der Waals surface area contributed by atoms with Crippen LogP contribution in [0.3, 0.4) is 0 Å². The molecular weight excluding hydrogens is 380 g/mol. The zero-order valence-electron chi connectivity index (χ0n) is 18.7. The van der Waals surface area contributed by atoms with Crippen molar-refractivity contribution in [2.75, 3.05) is 34.4 Å². The van der Waals surface area contributed by atoms with E-state index < -0.39 is 0 Å². The third-order valence-electron chi connectivity index (χ3n) is 6.72. The van der Waals surface area contributed by atoms with Crippen LogP contribution in [0.2, 0.25) is 0 Å². The summed E-state index contributed by atoms with van der Waals surface area (Å²) in [7, 11) is 5.19. The molecule has 4 rings (SSSR count). The molecule has 0 amide bonds. The highest BCUT2D eigenvalue weighted by Gasteiger charge is 2.59. The predicted octanol–water partition coefficient (Wildman–Crippen LogP) is 3.10. The van der Waals surface area contributed by atoms with Gasteiger partial charge >= 0.3 is 0 Å².